The van der Waals surface area contributed by atoms with Gasteiger partial charge in [-0.3, -0.25) is 9.20 Å². The Balaban J connectivity index is 1.64. The summed E-state index contributed by atoms with van der Waals surface area (Å²) in [4.78, 5) is 36.8. The summed E-state index contributed by atoms with van der Waals surface area (Å²) in [6, 6.07) is 9.94. The zero-order valence-corrected chi connectivity index (χ0v) is 19.6. The number of nitrogens with zero attached hydrogens (tertiary/aromatic N) is 1. The van der Waals surface area contributed by atoms with Crippen molar-refractivity contribution in [2.75, 3.05) is 7.11 Å². The van der Waals surface area contributed by atoms with Crippen LogP contribution in [0.2, 0.25) is 0 Å². The Bertz CT molecular complexity index is 1340. The number of halogens is 1. The first-order valence-electron chi connectivity index (χ1n) is 11.1. The monoisotopic (exact) mass is 466 g/mol. The number of esters is 1. The Morgan fingerprint density at radius 1 is 1.12 bits per heavy atom. The first-order valence-corrected chi connectivity index (χ1v) is 11.1. The standard InChI is InChI=1S/C26H27FN2O5/c1-26(2,3)34-25(32)28-14-18-8-7-16(11-21(18)27)17-9-10-29-22(12-17)19(15-5-6-15)13-20(23(29)30)24(31)33-4/h7-13,15H,5-6,14H2,1-4H3,(H,28,32). The highest BCUT2D eigenvalue weighted by molar-refractivity contribution is 5.90. The summed E-state index contributed by atoms with van der Waals surface area (Å²) < 4.78 is 26.2. The SMILES string of the molecule is COC(=O)c1cc(C2CC2)c2cc(-c3ccc(CNC(=O)OC(C)(C)C)c(F)c3)ccn2c1=O. The molecule has 0 bridgehead atoms. The number of alkyl carbamates (subject to hydrolysis) is 1. The third kappa shape index (κ3) is 4.95. The van der Waals surface area contributed by atoms with Crippen LogP contribution in [0.3, 0.4) is 0 Å². The van der Waals surface area contributed by atoms with E-state index >= 15 is 0 Å². The van der Waals surface area contributed by atoms with Crippen molar-refractivity contribution in [1.29, 1.82) is 0 Å². The number of amides is 1. The van der Waals surface area contributed by atoms with Crippen molar-refractivity contribution in [2.24, 2.45) is 0 Å². The highest BCUT2D eigenvalue weighted by atomic mass is 19.1. The van der Waals surface area contributed by atoms with Crippen molar-refractivity contribution in [3.8, 4) is 11.1 Å². The minimum Gasteiger partial charge on any atom is -0.465 e. The number of methoxy groups -OCH3 is 1. The van der Waals surface area contributed by atoms with Crippen LogP contribution in [0, 0.1) is 5.82 Å². The van der Waals surface area contributed by atoms with E-state index in [0.29, 0.717) is 16.6 Å². The molecule has 0 spiro atoms. The number of carbonyl (C=O) groups excluding carboxylic acids is 2. The number of hydrogen-bond donors (Lipinski definition) is 1. The summed E-state index contributed by atoms with van der Waals surface area (Å²) in [5.74, 6) is -0.857. The number of hydrogen-bond acceptors (Lipinski definition) is 5. The van der Waals surface area contributed by atoms with Crippen LogP contribution in [-0.2, 0) is 16.0 Å². The van der Waals surface area contributed by atoms with Gasteiger partial charge in [-0.15, -0.1) is 0 Å². The van der Waals surface area contributed by atoms with E-state index < -0.39 is 29.0 Å². The van der Waals surface area contributed by atoms with Crippen LogP contribution in [0.5, 0.6) is 0 Å². The van der Waals surface area contributed by atoms with Crippen LogP contribution in [0.15, 0.2) is 47.4 Å². The van der Waals surface area contributed by atoms with Gasteiger partial charge in [0.1, 0.15) is 17.0 Å². The van der Waals surface area contributed by atoms with Gasteiger partial charge >= 0.3 is 12.1 Å². The largest absolute Gasteiger partial charge is 0.465 e. The first kappa shape index (κ1) is 23.5. The van der Waals surface area contributed by atoms with Gasteiger partial charge < -0.3 is 14.8 Å². The lowest BCUT2D eigenvalue weighted by molar-refractivity contribution is 0.0522. The van der Waals surface area contributed by atoms with Crippen molar-refractivity contribution in [3.05, 3.63) is 75.5 Å². The third-order valence-corrected chi connectivity index (χ3v) is 5.63. The Labute approximate surface area is 196 Å². The van der Waals surface area contributed by atoms with Crippen LogP contribution < -0.4 is 10.9 Å². The summed E-state index contributed by atoms with van der Waals surface area (Å²) in [7, 11) is 1.25. The molecule has 8 heteroatoms. The number of ether oxygens (including phenoxy) is 2. The molecule has 1 amide bonds. The quantitative estimate of drug-likeness (QED) is 0.546. The minimum absolute atomic E-state index is 0.00235. The van der Waals surface area contributed by atoms with Crippen LogP contribution >= 0.6 is 0 Å². The number of carbonyl (C=O) groups is 2. The maximum absolute atomic E-state index is 14.8. The van der Waals surface area contributed by atoms with Gasteiger partial charge in [0.05, 0.1) is 12.6 Å². The maximum Gasteiger partial charge on any atom is 0.407 e. The fraction of sp³-hybridized carbons (Fsp3) is 0.346. The molecular weight excluding hydrogens is 439 g/mol. The number of pyridine rings is 2. The lowest BCUT2D eigenvalue weighted by atomic mass is 10.0. The molecule has 1 aromatic carbocycles. The molecule has 34 heavy (non-hydrogen) atoms. The van der Waals surface area contributed by atoms with Crippen molar-refractivity contribution < 1.29 is 23.5 Å². The number of rotatable bonds is 5. The van der Waals surface area contributed by atoms with Crippen molar-refractivity contribution >= 4 is 17.6 Å². The van der Waals surface area contributed by atoms with E-state index in [-0.39, 0.29) is 18.0 Å². The van der Waals surface area contributed by atoms with E-state index in [9.17, 15) is 18.8 Å². The van der Waals surface area contributed by atoms with E-state index in [1.54, 1.807) is 51.2 Å². The van der Waals surface area contributed by atoms with Crippen molar-refractivity contribution in [3.63, 3.8) is 0 Å². The Hall–Kier alpha value is -3.68. The second-order valence-corrected chi connectivity index (χ2v) is 9.42. The van der Waals surface area contributed by atoms with Gasteiger partial charge in [-0.05, 0) is 80.5 Å². The van der Waals surface area contributed by atoms with E-state index in [2.05, 4.69) is 5.32 Å². The molecule has 0 radical (unpaired) electrons. The number of aromatic nitrogens is 1. The van der Waals surface area contributed by atoms with Gasteiger partial charge in [0, 0.05) is 18.3 Å². The summed E-state index contributed by atoms with van der Waals surface area (Å²) in [6.45, 7) is 5.26. The van der Waals surface area contributed by atoms with Gasteiger partial charge in [0.2, 0.25) is 0 Å². The van der Waals surface area contributed by atoms with Gasteiger partial charge in [0.25, 0.3) is 5.56 Å². The molecule has 1 fully saturated rings. The minimum atomic E-state index is -0.664. The second kappa shape index (κ2) is 8.93. The van der Waals surface area contributed by atoms with Crippen LogP contribution in [-0.4, -0.2) is 29.2 Å². The normalized spacial score (nSPS) is 13.6. The molecule has 1 saturated carbocycles. The van der Waals surface area contributed by atoms with E-state index in [0.717, 1.165) is 24.0 Å². The van der Waals surface area contributed by atoms with Crippen LogP contribution in [0.4, 0.5) is 9.18 Å². The smallest absolute Gasteiger partial charge is 0.407 e. The third-order valence-electron chi connectivity index (χ3n) is 5.63. The molecule has 1 aliphatic carbocycles. The number of benzene rings is 1. The average Bonchev–Trinajstić information content (AvgIpc) is 3.62. The Morgan fingerprint density at radius 2 is 1.82 bits per heavy atom. The van der Waals surface area contributed by atoms with Gasteiger partial charge in [-0.1, -0.05) is 12.1 Å². The Morgan fingerprint density at radius 3 is 2.44 bits per heavy atom. The maximum atomic E-state index is 14.8. The molecule has 1 aliphatic rings. The van der Waals surface area contributed by atoms with E-state index in [1.165, 1.54) is 17.6 Å². The molecule has 4 rings (SSSR count). The zero-order chi connectivity index (χ0) is 24.6. The summed E-state index contributed by atoms with van der Waals surface area (Å²) in [6.07, 6.45) is 2.94. The summed E-state index contributed by atoms with van der Waals surface area (Å²) >= 11 is 0. The molecule has 0 aliphatic heterocycles. The molecule has 1 N–H and O–H groups in total. The Kier molecular flexibility index (Phi) is 6.17. The molecule has 178 valence electrons. The number of nitrogens with one attached hydrogen (secondary N) is 1. The molecule has 2 aromatic heterocycles. The highest BCUT2D eigenvalue weighted by Crippen LogP contribution is 2.42. The topological polar surface area (TPSA) is 86.1 Å². The van der Waals surface area contributed by atoms with Crippen molar-refractivity contribution in [2.45, 2.75) is 51.7 Å². The van der Waals surface area contributed by atoms with Crippen LogP contribution in [0.1, 0.15) is 61.0 Å². The molecule has 0 unspecified atom stereocenters. The lowest BCUT2D eigenvalue weighted by Gasteiger charge is -2.19. The average molecular weight is 467 g/mol. The van der Waals surface area contributed by atoms with Gasteiger partial charge in [-0.25, -0.2) is 14.0 Å². The fourth-order valence-corrected chi connectivity index (χ4v) is 3.83. The van der Waals surface area contributed by atoms with E-state index in [4.69, 9.17) is 9.47 Å². The first-order chi connectivity index (χ1) is 16.1. The van der Waals surface area contributed by atoms with Gasteiger partial charge in [0.15, 0.2) is 0 Å². The predicted octanol–water partition coefficient (Wildman–Crippen LogP) is 4.79. The van der Waals surface area contributed by atoms with Crippen molar-refractivity contribution in [1.82, 2.24) is 9.72 Å². The summed E-state index contributed by atoms with van der Waals surface area (Å²) in [5, 5.41) is 2.56. The number of fused-ring (bicyclic) bond motifs is 1. The lowest BCUT2D eigenvalue weighted by Crippen LogP contribution is -2.32. The molecule has 3 aromatic rings. The summed E-state index contributed by atoms with van der Waals surface area (Å²) in [5.41, 5.74) is 2.20. The zero-order valence-electron chi connectivity index (χ0n) is 19.6. The second-order valence-electron chi connectivity index (χ2n) is 9.42. The molecule has 2 heterocycles. The molecule has 0 saturated heterocycles. The molecule has 0 atom stereocenters. The fourth-order valence-electron chi connectivity index (χ4n) is 3.83. The van der Waals surface area contributed by atoms with Gasteiger partial charge in [-0.2, -0.15) is 0 Å². The predicted molar refractivity (Wildman–Crippen MR) is 125 cm³/mol. The van der Waals surface area contributed by atoms with E-state index in [1.807, 2.05) is 6.07 Å². The highest BCUT2D eigenvalue weighted by Gasteiger charge is 2.28. The molecular formula is C26H27FN2O5. The van der Waals surface area contributed by atoms with Crippen LogP contribution in [0.25, 0.3) is 16.6 Å². The molecule has 7 nitrogen and oxygen atoms in total.